The minimum Gasteiger partial charge on any atom is -0.389 e. The number of rotatable bonds is 4. The molecule has 3 N–H and O–H groups in total. The van der Waals surface area contributed by atoms with Crippen LogP contribution in [0.3, 0.4) is 0 Å². The molecule has 1 aromatic rings. The third-order valence-electron chi connectivity index (χ3n) is 3.06. The highest BCUT2D eigenvalue weighted by Crippen LogP contribution is 2.17. The highest BCUT2D eigenvalue weighted by Gasteiger charge is 2.23. The maximum Gasteiger partial charge on any atom is 0.240 e. The molecule has 0 aliphatic carbocycles. The third kappa shape index (κ3) is 3.51. The van der Waals surface area contributed by atoms with Crippen LogP contribution in [0.4, 0.5) is 4.39 Å². The number of thiocarbonyl (C=S) groups is 1. The number of benzene rings is 1. The molecular formula is C12H15FN2O3S2. The second kappa shape index (κ2) is 6.13. The normalized spacial score (nSPS) is 17.1. The lowest BCUT2D eigenvalue weighted by Gasteiger charge is -2.23. The summed E-state index contributed by atoms with van der Waals surface area (Å²) < 4.78 is 45.7. The summed E-state index contributed by atoms with van der Waals surface area (Å²) in [6.45, 7) is 1.05. The van der Waals surface area contributed by atoms with E-state index in [0.29, 0.717) is 26.1 Å². The summed E-state index contributed by atoms with van der Waals surface area (Å²) in [5.41, 5.74) is 5.30. The van der Waals surface area contributed by atoms with E-state index in [-0.39, 0.29) is 21.5 Å². The molecule has 0 spiro atoms. The van der Waals surface area contributed by atoms with Gasteiger partial charge in [-0.05, 0) is 31.0 Å². The molecule has 0 aromatic heterocycles. The number of nitrogens with one attached hydrogen (secondary N) is 1. The molecule has 0 bridgehead atoms. The van der Waals surface area contributed by atoms with Crippen molar-refractivity contribution in [1.29, 1.82) is 0 Å². The molecule has 1 aromatic carbocycles. The fourth-order valence-corrected chi connectivity index (χ4v) is 3.45. The van der Waals surface area contributed by atoms with Gasteiger partial charge in [0.1, 0.15) is 10.8 Å². The van der Waals surface area contributed by atoms with Gasteiger partial charge in [-0.25, -0.2) is 17.5 Å². The van der Waals surface area contributed by atoms with Crippen LogP contribution in [-0.2, 0) is 14.8 Å². The van der Waals surface area contributed by atoms with Crippen LogP contribution in [0.2, 0.25) is 0 Å². The van der Waals surface area contributed by atoms with Crippen molar-refractivity contribution in [3.8, 4) is 0 Å². The molecule has 8 heteroatoms. The standard InChI is InChI=1S/C12H15FN2O3S2/c13-11-2-1-9(7-10(11)12(14)19)20(16,17)15-8-3-5-18-6-4-8/h1-2,7-8,15H,3-6H2,(H2,14,19). The van der Waals surface area contributed by atoms with Crippen LogP contribution < -0.4 is 10.5 Å². The first kappa shape index (κ1) is 15.3. The Morgan fingerprint density at radius 3 is 2.65 bits per heavy atom. The summed E-state index contributed by atoms with van der Waals surface area (Å²) in [6.07, 6.45) is 1.23. The van der Waals surface area contributed by atoms with E-state index in [1.54, 1.807) is 0 Å². The van der Waals surface area contributed by atoms with Crippen LogP contribution in [0.15, 0.2) is 23.1 Å². The SMILES string of the molecule is NC(=S)c1cc(S(=O)(=O)NC2CCOCC2)ccc1F. The zero-order valence-electron chi connectivity index (χ0n) is 10.6. The third-order valence-corrected chi connectivity index (χ3v) is 4.79. The zero-order valence-corrected chi connectivity index (χ0v) is 12.3. The van der Waals surface area contributed by atoms with Crippen LogP contribution in [-0.4, -0.2) is 32.7 Å². The molecule has 110 valence electrons. The molecular weight excluding hydrogens is 303 g/mol. The predicted octanol–water partition coefficient (Wildman–Crippen LogP) is 0.917. The molecule has 0 amide bonds. The van der Waals surface area contributed by atoms with Crippen molar-refractivity contribution < 1.29 is 17.5 Å². The maximum absolute atomic E-state index is 13.5. The van der Waals surface area contributed by atoms with Gasteiger partial charge in [0.2, 0.25) is 10.0 Å². The monoisotopic (exact) mass is 318 g/mol. The van der Waals surface area contributed by atoms with Gasteiger partial charge >= 0.3 is 0 Å². The second-order valence-electron chi connectivity index (χ2n) is 4.51. The molecule has 1 aliphatic heterocycles. The van der Waals surface area contributed by atoms with Gasteiger partial charge in [0.25, 0.3) is 0 Å². The lowest BCUT2D eigenvalue weighted by Crippen LogP contribution is -2.38. The molecule has 0 saturated carbocycles. The Labute approximate surface area is 122 Å². The van der Waals surface area contributed by atoms with Crippen molar-refractivity contribution in [3.05, 3.63) is 29.6 Å². The molecule has 1 aliphatic rings. The number of ether oxygens (including phenoxy) is 1. The fourth-order valence-electron chi connectivity index (χ4n) is 1.96. The first-order valence-corrected chi connectivity index (χ1v) is 7.99. The number of nitrogens with two attached hydrogens (primary N) is 1. The molecule has 0 radical (unpaired) electrons. The largest absolute Gasteiger partial charge is 0.389 e. The number of sulfonamides is 1. The fraction of sp³-hybridized carbons (Fsp3) is 0.417. The Morgan fingerprint density at radius 1 is 1.40 bits per heavy atom. The average molecular weight is 318 g/mol. The van der Waals surface area contributed by atoms with Gasteiger partial charge < -0.3 is 10.5 Å². The molecule has 2 rings (SSSR count). The van der Waals surface area contributed by atoms with E-state index in [2.05, 4.69) is 4.72 Å². The van der Waals surface area contributed by atoms with E-state index >= 15 is 0 Å². The van der Waals surface area contributed by atoms with E-state index in [4.69, 9.17) is 22.7 Å². The van der Waals surface area contributed by atoms with Gasteiger partial charge in [0.15, 0.2) is 0 Å². The van der Waals surface area contributed by atoms with E-state index in [0.717, 1.165) is 12.1 Å². The topological polar surface area (TPSA) is 81.4 Å². The Kier molecular flexibility index (Phi) is 4.69. The van der Waals surface area contributed by atoms with E-state index in [1.165, 1.54) is 6.07 Å². The van der Waals surface area contributed by atoms with Gasteiger partial charge in [0.05, 0.1) is 4.90 Å². The molecule has 1 saturated heterocycles. The highest BCUT2D eigenvalue weighted by molar-refractivity contribution is 7.89. The van der Waals surface area contributed by atoms with Gasteiger partial charge in [-0.3, -0.25) is 0 Å². The summed E-state index contributed by atoms with van der Waals surface area (Å²) in [5.74, 6) is -0.637. The number of halogens is 1. The minimum absolute atomic E-state index is 0.0480. The van der Waals surface area contributed by atoms with E-state index in [9.17, 15) is 12.8 Å². The summed E-state index contributed by atoms with van der Waals surface area (Å²) >= 11 is 4.70. The van der Waals surface area contributed by atoms with Crippen molar-refractivity contribution in [3.63, 3.8) is 0 Å². The lowest BCUT2D eigenvalue weighted by atomic mass is 10.1. The van der Waals surface area contributed by atoms with E-state index < -0.39 is 15.8 Å². The van der Waals surface area contributed by atoms with Crippen LogP contribution in [0.25, 0.3) is 0 Å². The lowest BCUT2D eigenvalue weighted by molar-refractivity contribution is 0.0832. The molecule has 1 heterocycles. The molecule has 0 atom stereocenters. The van der Waals surface area contributed by atoms with Crippen molar-refractivity contribution in [1.82, 2.24) is 4.72 Å². The number of hydrogen-bond donors (Lipinski definition) is 2. The molecule has 1 fully saturated rings. The average Bonchev–Trinajstić information content (AvgIpc) is 2.39. The van der Waals surface area contributed by atoms with Crippen LogP contribution in [0.5, 0.6) is 0 Å². The Balaban J connectivity index is 2.24. The quantitative estimate of drug-likeness (QED) is 0.807. The Hall–Kier alpha value is -1.09. The van der Waals surface area contributed by atoms with Gasteiger partial charge in [-0.2, -0.15) is 0 Å². The maximum atomic E-state index is 13.5. The Bertz CT molecular complexity index is 613. The second-order valence-corrected chi connectivity index (χ2v) is 6.67. The van der Waals surface area contributed by atoms with Crippen molar-refractivity contribution >= 4 is 27.2 Å². The van der Waals surface area contributed by atoms with Crippen LogP contribution in [0.1, 0.15) is 18.4 Å². The van der Waals surface area contributed by atoms with Crippen molar-refractivity contribution in [2.24, 2.45) is 5.73 Å². The molecule has 20 heavy (non-hydrogen) atoms. The molecule has 5 nitrogen and oxygen atoms in total. The van der Waals surface area contributed by atoms with Crippen molar-refractivity contribution in [2.75, 3.05) is 13.2 Å². The number of hydrogen-bond acceptors (Lipinski definition) is 4. The zero-order chi connectivity index (χ0) is 14.8. The summed E-state index contributed by atoms with van der Waals surface area (Å²) in [5, 5.41) is 0. The summed E-state index contributed by atoms with van der Waals surface area (Å²) in [4.78, 5) is -0.223. The predicted molar refractivity (Wildman–Crippen MR) is 76.4 cm³/mol. The van der Waals surface area contributed by atoms with Crippen LogP contribution in [0, 0.1) is 5.82 Å². The summed E-state index contributed by atoms with van der Waals surface area (Å²) in [6, 6.07) is 3.22. The molecule has 0 unspecified atom stereocenters. The van der Waals surface area contributed by atoms with Crippen LogP contribution >= 0.6 is 12.2 Å². The van der Waals surface area contributed by atoms with Gasteiger partial charge in [-0.1, -0.05) is 12.2 Å². The van der Waals surface area contributed by atoms with Gasteiger partial charge in [-0.15, -0.1) is 0 Å². The highest BCUT2D eigenvalue weighted by atomic mass is 32.2. The smallest absolute Gasteiger partial charge is 0.240 e. The summed E-state index contributed by atoms with van der Waals surface area (Å²) in [7, 11) is -3.72. The van der Waals surface area contributed by atoms with Crippen molar-refractivity contribution in [2.45, 2.75) is 23.8 Å². The van der Waals surface area contributed by atoms with E-state index in [1.807, 2.05) is 0 Å². The first-order chi connectivity index (χ1) is 9.40. The minimum atomic E-state index is -3.72. The Morgan fingerprint density at radius 2 is 2.05 bits per heavy atom. The first-order valence-electron chi connectivity index (χ1n) is 6.09. The van der Waals surface area contributed by atoms with Gasteiger partial charge in [0, 0.05) is 24.8 Å².